The minimum absolute atomic E-state index is 0.509. The molecule has 0 aromatic heterocycles. The maximum atomic E-state index is 6.29. The normalized spacial score (nSPS) is 10.6. The molecule has 7 aromatic carbocycles. The maximum Gasteiger partial charge on any atom is 0.170 e. The van der Waals surface area contributed by atoms with Crippen molar-refractivity contribution >= 4 is 11.4 Å². The molecular weight excluding hydrogens is 628 g/mol. The van der Waals surface area contributed by atoms with Gasteiger partial charge in [-0.3, -0.25) is 0 Å². The molecule has 0 spiro atoms. The standard InChI is InChI=1S/C42H32N2O6/c43-31-13-1-3-15-33(31)47-39-21-9-11-23-41(39)49-37-19-7-5-17-35(37)45-29-25-27-30(28-26-29)46-36-18-6-8-20-38(36)50-42-24-12-10-22-40(42)48-34-16-4-2-14-32(34)44/h1-28H,43-44H2. The highest BCUT2D eigenvalue weighted by Crippen LogP contribution is 2.42. The van der Waals surface area contributed by atoms with Crippen LogP contribution in [0.3, 0.4) is 0 Å². The quantitative estimate of drug-likeness (QED) is 0.125. The number of anilines is 2. The second-order valence-corrected chi connectivity index (χ2v) is 10.9. The van der Waals surface area contributed by atoms with Gasteiger partial charge in [0.2, 0.25) is 0 Å². The first-order chi connectivity index (χ1) is 24.6. The molecule has 0 bridgehead atoms. The zero-order chi connectivity index (χ0) is 34.1. The summed E-state index contributed by atoms with van der Waals surface area (Å²) in [6, 6.07) is 51.5. The molecule has 0 aliphatic carbocycles. The molecule has 4 N–H and O–H groups in total. The Labute approximate surface area is 289 Å². The first-order valence-electron chi connectivity index (χ1n) is 15.8. The highest BCUT2D eigenvalue weighted by Gasteiger charge is 2.15. The Morgan fingerprint density at radius 2 is 0.420 bits per heavy atom. The number of para-hydroxylation sites is 12. The predicted molar refractivity (Wildman–Crippen MR) is 194 cm³/mol. The zero-order valence-electron chi connectivity index (χ0n) is 26.8. The van der Waals surface area contributed by atoms with E-state index in [2.05, 4.69) is 0 Å². The summed E-state index contributed by atoms with van der Waals surface area (Å²) in [4.78, 5) is 0. The van der Waals surface area contributed by atoms with Gasteiger partial charge in [-0.2, -0.15) is 0 Å². The Morgan fingerprint density at radius 1 is 0.220 bits per heavy atom. The number of hydrogen-bond acceptors (Lipinski definition) is 8. The van der Waals surface area contributed by atoms with Crippen LogP contribution in [0, 0.1) is 0 Å². The lowest BCUT2D eigenvalue weighted by Crippen LogP contribution is -1.95. The van der Waals surface area contributed by atoms with Crippen LogP contribution < -0.4 is 39.9 Å². The summed E-state index contributed by atoms with van der Waals surface area (Å²) in [5.74, 6) is 6.37. The third-order valence-electron chi connectivity index (χ3n) is 7.39. The highest BCUT2D eigenvalue weighted by molar-refractivity contribution is 5.57. The lowest BCUT2D eigenvalue weighted by Gasteiger charge is -2.16. The molecule has 0 fully saturated rings. The first kappa shape index (κ1) is 31.5. The summed E-state index contributed by atoms with van der Waals surface area (Å²) >= 11 is 0. The van der Waals surface area contributed by atoms with Crippen molar-refractivity contribution in [3.05, 3.63) is 170 Å². The van der Waals surface area contributed by atoms with Gasteiger partial charge in [0.25, 0.3) is 0 Å². The van der Waals surface area contributed by atoms with Gasteiger partial charge in [0.1, 0.15) is 11.5 Å². The highest BCUT2D eigenvalue weighted by atomic mass is 16.5. The van der Waals surface area contributed by atoms with E-state index < -0.39 is 0 Å². The van der Waals surface area contributed by atoms with Crippen molar-refractivity contribution in [3.8, 4) is 69.0 Å². The van der Waals surface area contributed by atoms with Crippen LogP contribution >= 0.6 is 0 Å². The van der Waals surface area contributed by atoms with Crippen molar-refractivity contribution in [1.82, 2.24) is 0 Å². The number of nitrogen functional groups attached to an aromatic ring is 2. The molecule has 7 aromatic rings. The maximum absolute atomic E-state index is 6.29. The summed E-state index contributed by atoms with van der Waals surface area (Å²) < 4.78 is 37.2. The summed E-state index contributed by atoms with van der Waals surface area (Å²) in [5.41, 5.74) is 13.2. The Kier molecular flexibility index (Phi) is 9.33. The molecule has 0 saturated carbocycles. The molecule has 0 radical (unpaired) electrons. The Hall–Kier alpha value is -7.06. The van der Waals surface area contributed by atoms with Gasteiger partial charge in [-0.05, 0) is 97.1 Å². The molecule has 8 nitrogen and oxygen atoms in total. The van der Waals surface area contributed by atoms with Crippen molar-refractivity contribution in [2.75, 3.05) is 11.5 Å². The van der Waals surface area contributed by atoms with Gasteiger partial charge in [-0.15, -0.1) is 0 Å². The van der Waals surface area contributed by atoms with Gasteiger partial charge in [0, 0.05) is 0 Å². The predicted octanol–water partition coefficient (Wildman–Crippen LogP) is 11.6. The fourth-order valence-corrected chi connectivity index (χ4v) is 4.93. The molecule has 0 heterocycles. The molecule has 246 valence electrons. The van der Waals surface area contributed by atoms with Crippen LogP contribution in [0.25, 0.3) is 0 Å². The van der Waals surface area contributed by atoms with Crippen molar-refractivity contribution in [1.29, 1.82) is 0 Å². The second kappa shape index (κ2) is 14.8. The first-order valence-corrected chi connectivity index (χ1v) is 15.8. The fraction of sp³-hybridized carbons (Fsp3) is 0. The summed E-state index contributed by atoms with van der Waals surface area (Å²) in [7, 11) is 0. The minimum atomic E-state index is 0.509. The zero-order valence-corrected chi connectivity index (χ0v) is 26.8. The van der Waals surface area contributed by atoms with Gasteiger partial charge < -0.3 is 39.9 Å². The summed E-state index contributed by atoms with van der Waals surface area (Å²) in [6.07, 6.45) is 0. The molecular formula is C42H32N2O6. The van der Waals surface area contributed by atoms with E-state index in [1.54, 1.807) is 24.3 Å². The largest absolute Gasteiger partial charge is 0.453 e. The third-order valence-corrected chi connectivity index (χ3v) is 7.39. The number of nitrogens with two attached hydrogens (primary N) is 2. The second-order valence-electron chi connectivity index (χ2n) is 10.9. The number of hydrogen-bond donors (Lipinski definition) is 2. The number of rotatable bonds is 12. The van der Waals surface area contributed by atoms with E-state index in [1.165, 1.54) is 0 Å². The lowest BCUT2D eigenvalue weighted by molar-refractivity contribution is 0.391. The van der Waals surface area contributed by atoms with Gasteiger partial charge >= 0.3 is 0 Å². The molecule has 0 amide bonds. The van der Waals surface area contributed by atoms with Gasteiger partial charge in [-0.1, -0.05) is 72.8 Å². The van der Waals surface area contributed by atoms with Gasteiger partial charge in [-0.25, -0.2) is 0 Å². The van der Waals surface area contributed by atoms with E-state index in [-0.39, 0.29) is 0 Å². The van der Waals surface area contributed by atoms with Crippen LogP contribution in [-0.2, 0) is 0 Å². The number of ether oxygens (including phenoxy) is 6. The molecule has 0 unspecified atom stereocenters. The summed E-state index contributed by atoms with van der Waals surface area (Å²) in [6.45, 7) is 0. The van der Waals surface area contributed by atoms with Crippen molar-refractivity contribution in [3.63, 3.8) is 0 Å². The van der Waals surface area contributed by atoms with E-state index in [0.717, 1.165) is 0 Å². The van der Waals surface area contributed by atoms with Crippen LogP contribution in [-0.4, -0.2) is 0 Å². The third kappa shape index (κ3) is 7.56. The molecule has 0 aliphatic heterocycles. The van der Waals surface area contributed by atoms with E-state index in [4.69, 9.17) is 39.9 Å². The van der Waals surface area contributed by atoms with Crippen LogP contribution in [0.2, 0.25) is 0 Å². The van der Waals surface area contributed by atoms with Crippen molar-refractivity contribution < 1.29 is 28.4 Å². The molecule has 0 aliphatic rings. The molecule has 0 atom stereocenters. The van der Waals surface area contributed by atoms with Crippen molar-refractivity contribution in [2.45, 2.75) is 0 Å². The van der Waals surface area contributed by atoms with E-state index in [1.807, 2.05) is 146 Å². The fourth-order valence-electron chi connectivity index (χ4n) is 4.93. The van der Waals surface area contributed by atoms with E-state index in [9.17, 15) is 0 Å². The van der Waals surface area contributed by atoms with Gasteiger partial charge in [0.15, 0.2) is 57.5 Å². The van der Waals surface area contributed by atoms with E-state index >= 15 is 0 Å². The molecule has 50 heavy (non-hydrogen) atoms. The Bertz CT molecular complexity index is 2060. The van der Waals surface area contributed by atoms with Gasteiger partial charge in [0.05, 0.1) is 11.4 Å². The van der Waals surface area contributed by atoms with Crippen LogP contribution in [0.15, 0.2) is 170 Å². The minimum Gasteiger partial charge on any atom is -0.453 e. The molecule has 0 saturated heterocycles. The number of benzene rings is 7. The van der Waals surface area contributed by atoms with Crippen LogP contribution in [0.4, 0.5) is 11.4 Å². The molecule has 8 heteroatoms. The average Bonchev–Trinajstić information content (AvgIpc) is 3.14. The Morgan fingerprint density at radius 3 is 0.680 bits per heavy atom. The monoisotopic (exact) mass is 660 g/mol. The lowest BCUT2D eigenvalue weighted by atomic mass is 10.2. The van der Waals surface area contributed by atoms with Crippen LogP contribution in [0.5, 0.6) is 69.0 Å². The SMILES string of the molecule is Nc1ccccc1Oc1ccccc1Oc1ccccc1Oc1ccc(Oc2ccccc2Oc2ccccc2Oc2ccccc2N)cc1. The smallest absolute Gasteiger partial charge is 0.170 e. The average molecular weight is 661 g/mol. The topological polar surface area (TPSA) is 107 Å². The summed E-state index contributed by atoms with van der Waals surface area (Å²) in [5, 5.41) is 0. The van der Waals surface area contributed by atoms with Crippen molar-refractivity contribution in [2.24, 2.45) is 0 Å². The van der Waals surface area contributed by atoms with E-state index in [0.29, 0.717) is 80.4 Å². The Balaban J connectivity index is 1.05. The van der Waals surface area contributed by atoms with Crippen LogP contribution in [0.1, 0.15) is 0 Å². The molecule has 7 rings (SSSR count).